The van der Waals surface area contributed by atoms with Crippen LogP contribution in [-0.2, 0) is 4.79 Å². The second-order valence-electron chi connectivity index (χ2n) is 3.60. The number of benzene rings is 1. The highest BCUT2D eigenvalue weighted by Crippen LogP contribution is 2.12. The Balaban J connectivity index is 2.06. The van der Waals surface area contributed by atoms with Crippen LogP contribution in [0.5, 0.6) is 0 Å². The molecule has 0 unspecified atom stereocenters. The molecule has 1 amide bonds. The van der Waals surface area contributed by atoms with Gasteiger partial charge in [0.15, 0.2) is 5.82 Å². The van der Waals surface area contributed by atoms with Crippen LogP contribution in [-0.4, -0.2) is 15.9 Å². The van der Waals surface area contributed by atoms with Gasteiger partial charge in [-0.05, 0) is 21.5 Å². The molecule has 5 nitrogen and oxygen atoms in total. The van der Waals surface area contributed by atoms with Crippen LogP contribution in [0.4, 0.5) is 5.82 Å². The highest BCUT2D eigenvalue weighted by molar-refractivity contribution is 9.10. The molecule has 6 heteroatoms. The summed E-state index contributed by atoms with van der Waals surface area (Å²) < 4.78 is 0.604. The van der Waals surface area contributed by atoms with Crippen molar-refractivity contribution in [2.45, 2.75) is 6.04 Å². The lowest BCUT2D eigenvalue weighted by Crippen LogP contribution is -2.28. The predicted octanol–water partition coefficient (Wildman–Crippen LogP) is 1.88. The molecule has 0 aliphatic carbocycles. The summed E-state index contributed by atoms with van der Waals surface area (Å²) >= 11 is 3.17. The first kappa shape index (κ1) is 12.7. The summed E-state index contributed by atoms with van der Waals surface area (Å²) in [7, 11) is 0. The van der Waals surface area contributed by atoms with Gasteiger partial charge in [0.25, 0.3) is 0 Å². The first-order valence-corrected chi connectivity index (χ1v) is 6.05. The number of hydrogen-bond donors (Lipinski definition) is 2. The van der Waals surface area contributed by atoms with Crippen molar-refractivity contribution in [1.82, 2.24) is 9.97 Å². The van der Waals surface area contributed by atoms with Crippen molar-refractivity contribution in [3.8, 4) is 0 Å². The van der Waals surface area contributed by atoms with E-state index in [0.717, 1.165) is 5.56 Å². The fourth-order valence-corrected chi connectivity index (χ4v) is 1.60. The number of nitrogens with two attached hydrogens (primary N) is 1. The number of aromatic nitrogens is 2. The summed E-state index contributed by atoms with van der Waals surface area (Å²) in [6, 6.07) is 8.42. The molecule has 0 fully saturated rings. The zero-order chi connectivity index (χ0) is 13.0. The quantitative estimate of drug-likeness (QED) is 0.907. The number of amides is 1. The van der Waals surface area contributed by atoms with Crippen molar-refractivity contribution >= 4 is 27.7 Å². The fraction of sp³-hybridized carbons (Fsp3) is 0.0833. The van der Waals surface area contributed by atoms with Crippen molar-refractivity contribution in [2.75, 3.05) is 5.32 Å². The molecular formula is C12H11BrN4O. The van der Waals surface area contributed by atoms with E-state index in [4.69, 9.17) is 5.73 Å². The minimum absolute atomic E-state index is 0.321. The van der Waals surface area contributed by atoms with Crippen LogP contribution in [0.3, 0.4) is 0 Å². The van der Waals surface area contributed by atoms with E-state index < -0.39 is 6.04 Å². The van der Waals surface area contributed by atoms with Crippen LogP contribution < -0.4 is 11.1 Å². The highest BCUT2D eigenvalue weighted by atomic mass is 79.9. The molecule has 1 atom stereocenters. The minimum atomic E-state index is -0.725. The maximum Gasteiger partial charge on any atom is 0.247 e. The van der Waals surface area contributed by atoms with Crippen LogP contribution in [0, 0.1) is 0 Å². The molecule has 92 valence electrons. The largest absolute Gasteiger partial charge is 0.316 e. The van der Waals surface area contributed by atoms with Gasteiger partial charge in [-0.1, -0.05) is 30.3 Å². The Morgan fingerprint density at radius 1 is 1.22 bits per heavy atom. The van der Waals surface area contributed by atoms with Crippen molar-refractivity contribution in [3.05, 3.63) is 52.9 Å². The van der Waals surface area contributed by atoms with Crippen LogP contribution in [0.25, 0.3) is 0 Å². The Bertz CT molecular complexity index is 530. The normalized spacial score (nSPS) is 11.9. The SMILES string of the molecule is N[C@@H](C(=O)Nc1cnc(Br)cn1)c1ccccc1. The summed E-state index contributed by atoms with van der Waals surface area (Å²) in [5.74, 6) is 0.0485. The summed E-state index contributed by atoms with van der Waals surface area (Å²) in [5, 5.41) is 2.61. The number of hydrogen-bond acceptors (Lipinski definition) is 4. The van der Waals surface area contributed by atoms with Gasteiger partial charge < -0.3 is 11.1 Å². The number of nitrogens with one attached hydrogen (secondary N) is 1. The van der Waals surface area contributed by atoms with Gasteiger partial charge in [-0.15, -0.1) is 0 Å². The number of carbonyl (C=O) groups excluding carboxylic acids is 1. The summed E-state index contributed by atoms with van der Waals surface area (Å²) in [6.45, 7) is 0. The Kier molecular flexibility index (Phi) is 4.01. The maximum absolute atomic E-state index is 11.9. The van der Waals surface area contributed by atoms with E-state index in [2.05, 4.69) is 31.2 Å². The first-order chi connectivity index (χ1) is 8.66. The molecule has 1 heterocycles. The van der Waals surface area contributed by atoms with Crippen LogP contribution in [0.15, 0.2) is 47.3 Å². The predicted molar refractivity (Wildman–Crippen MR) is 71.7 cm³/mol. The summed E-state index contributed by atoms with van der Waals surface area (Å²) in [5.41, 5.74) is 6.60. The van der Waals surface area contributed by atoms with Crippen molar-refractivity contribution < 1.29 is 4.79 Å². The standard InChI is InChI=1S/C12H11BrN4O/c13-9-6-16-10(7-15-9)17-12(18)11(14)8-4-2-1-3-5-8/h1-7,11H,14H2,(H,16,17,18)/t11-/m1/s1. The topological polar surface area (TPSA) is 80.9 Å². The molecular weight excluding hydrogens is 296 g/mol. The molecule has 1 aromatic carbocycles. The van der Waals surface area contributed by atoms with E-state index >= 15 is 0 Å². The van der Waals surface area contributed by atoms with Crippen molar-refractivity contribution in [2.24, 2.45) is 5.73 Å². The lowest BCUT2D eigenvalue weighted by molar-refractivity contribution is -0.117. The molecule has 0 aliphatic rings. The van der Waals surface area contributed by atoms with Gasteiger partial charge in [-0.2, -0.15) is 0 Å². The Labute approximate surface area is 113 Å². The molecule has 0 saturated carbocycles. The van der Waals surface area contributed by atoms with Crippen LogP contribution in [0.1, 0.15) is 11.6 Å². The third-order valence-electron chi connectivity index (χ3n) is 2.31. The third-order valence-corrected chi connectivity index (χ3v) is 2.72. The van der Waals surface area contributed by atoms with Gasteiger partial charge >= 0.3 is 0 Å². The van der Waals surface area contributed by atoms with Crippen molar-refractivity contribution in [3.63, 3.8) is 0 Å². The molecule has 0 bridgehead atoms. The van der Waals surface area contributed by atoms with Gasteiger partial charge in [0, 0.05) is 0 Å². The number of carbonyl (C=O) groups is 1. The first-order valence-electron chi connectivity index (χ1n) is 5.26. The average Bonchev–Trinajstić information content (AvgIpc) is 2.41. The number of nitrogens with zero attached hydrogens (tertiary/aromatic N) is 2. The molecule has 0 radical (unpaired) electrons. The van der Waals surface area contributed by atoms with E-state index in [1.807, 2.05) is 18.2 Å². The molecule has 0 aliphatic heterocycles. The van der Waals surface area contributed by atoms with E-state index in [1.54, 1.807) is 12.1 Å². The average molecular weight is 307 g/mol. The Hall–Kier alpha value is -1.79. The van der Waals surface area contributed by atoms with Crippen LogP contribution in [0.2, 0.25) is 0 Å². The molecule has 0 saturated heterocycles. The monoisotopic (exact) mass is 306 g/mol. The summed E-state index contributed by atoms with van der Waals surface area (Å²) in [6.07, 6.45) is 2.96. The number of rotatable bonds is 3. The lowest BCUT2D eigenvalue weighted by atomic mass is 10.1. The lowest BCUT2D eigenvalue weighted by Gasteiger charge is -2.11. The molecule has 0 spiro atoms. The van der Waals surface area contributed by atoms with Gasteiger partial charge in [0.1, 0.15) is 10.6 Å². The maximum atomic E-state index is 11.9. The molecule has 2 aromatic rings. The van der Waals surface area contributed by atoms with Gasteiger partial charge in [0.05, 0.1) is 12.4 Å². The molecule has 18 heavy (non-hydrogen) atoms. The fourth-order valence-electron chi connectivity index (χ4n) is 1.39. The summed E-state index contributed by atoms with van der Waals surface area (Å²) in [4.78, 5) is 19.8. The zero-order valence-electron chi connectivity index (χ0n) is 9.38. The number of anilines is 1. The van der Waals surface area contributed by atoms with Crippen LogP contribution >= 0.6 is 15.9 Å². The number of halogens is 1. The zero-order valence-corrected chi connectivity index (χ0v) is 11.0. The van der Waals surface area contributed by atoms with Gasteiger partial charge in [0.2, 0.25) is 5.91 Å². The third kappa shape index (κ3) is 3.12. The van der Waals surface area contributed by atoms with Gasteiger partial charge in [-0.25, -0.2) is 9.97 Å². The van der Waals surface area contributed by atoms with E-state index in [9.17, 15) is 4.79 Å². The minimum Gasteiger partial charge on any atom is -0.316 e. The van der Waals surface area contributed by atoms with E-state index in [1.165, 1.54) is 12.4 Å². The van der Waals surface area contributed by atoms with Gasteiger partial charge in [-0.3, -0.25) is 4.79 Å². The molecule has 1 aromatic heterocycles. The van der Waals surface area contributed by atoms with E-state index in [-0.39, 0.29) is 5.91 Å². The van der Waals surface area contributed by atoms with E-state index in [0.29, 0.717) is 10.4 Å². The second-order valence-corrected chi connectivity index (χ2v) is 4.41. The molecule has 3 N–H and O–H groups in total. The highest BCUT2D eigenvalue weighted by Gasteiger charge is 2.15. The second kappa shape index (κ2) is 5.70. The molecule has 2 rings (SSSR count). The smallest absolute Gasteiger partial charge is 0.247 e. The van der Waals surface area contributed by atoms with Crippen molar-refractivity contribution in [1.29, 1.82) is 0 Å². The Morgan fingerprint density at radius 3 is 2.56 bits per heavy atom. The Morgan fingerprint density at radius 2 is 1.94 bits per heavy atom.